The zero-order chi connectivity index (χ0) is 13.3. The third-order valence-corrected chi connectivity index (χ3v) is 3.51. The van der Waals surface area contributed by atoms with Crippen molar-refractivity contribution >= 4 is 27.5 Å². The first kappa shape index (κ1) is 13.5. The molecule has 0 bridgehead atoms. The minimum absolute atomic E-state index is 0.0990. The third kappa shape index (κ3) is 2.55. The molecule has 1 aromatic carbocycles. The topological polar surface area (TPSA) is 56.7 Å². The zero-order valence-electron chi connectivity index (χ0n) is 9.57. The molecular weight excluding hydrogens is 323 g/mol. The number of hydrogen-bond acceptors (Lipinski definition) is 3. The first-order valence-electron chi connectivity index (χ1n) is 5.24. The Hall–Kier alpha value is -0.980. The lowest BCUT2D eigenvalue weighted by Gasteiger charge is -2.13. The number of nitrogens with two attached hydrogens (primary N) is 1. The van der Waals surface area contributed by atoms with Gasteiger partial charge in [0.1, 0.15) is 5.82 Å². The van der Waals surface area contributed by atoms with Gasteiger partial charge < -0.3 is 5.73 Å². The van der Waals surface area contributed by atoms with E-state index in [4.69, 9.17) is 17.3 Å². The van der Waals surface area contributed by atoms with Crippen LogP contribution in [0.1, 0.15) is 17.3 Å². The maximum atomic E-state index is 13.8. The van der Waals surface area contributed by atoms with Crippen molar-refractivity contribution in [2.24, 2.45) is 12.8 Å². The summed E-state index contributed by atoms with van der Waals surface area (Å²) in [6, 6.07) is 4.46. The third-order valence-electron chi connectivity index (χ3n) is 2.65. The Balaban J connectivity index is 2.27. The normalized spacial score (nSPS) is 12.7. The van der Waals surface area contributed by atoms with Crippen molar-refractivity contribution < 1.29 is 4.39 Å². The second-order valence-electron chi connectivity index (χ2n) is 3.91. The second kappa shape index (κ2) is 5.34. The first-order chi connectivity index (χ1) is 8.50. The summed E-state index contributed by atoms with van der Waals surface area (Å²) in [5.74, 6) is -0.430. The Morgan fingerprint density at radius 1 is 1.56 bits per heavy atom. The van der Waals surface area contributed by atoms with Gasteiger partial charge in [-0.1, -0.05) is 28.9 Å². The minimum Gasteiger partial charge on any atom is -0.322 e. The fourth-order valence-electron chi connectivity index (χ4n) is 1.77. The molecule has 2 rings (SSSR count). The summed E-state index contributed by atoms with van der Waals surface area (Å²) >= 11 is 9.00. The largest absolute Gasteiger partial charge is 0.322 e. The molecule has 96 valence electrons. The molecule has 2 aromatic rings. The quantitative estimate of drug-likeness (QED) is 0.939. The monoisotopic (exact) mass is 332 g/mol. The number of aryl methyl sites for hydroxylation is 1. The van der Waals surface area contributed by atoms with Crippen LogP contribution in [0.4, 0.5) is 4.39 Å². The van der Waals surface area contributed by atoms with Crippen LogP contribution in [-0.2, 0) is 13.5 Å². The summed E-state index contributed by atoms with van der Waals surface area (Å²) in [5.41, 5.74) is 7.24. The highest BCUT2D eigenvalue weighted by Gasteiger charge is 2.18. The van der Waals surface area contributed by atoms with Crippen LogP contribution in [0.25, 0.3) is 0 Å². The summed E-state index contributed by atoms with van der Waals surface area (Å²) in [7, 11) is 1.74. The van der Waals surface area contributed by atoms with Gasteiger partial charge in [-0.05, 0) is 34.0 Å². The number of rotatable bonds is 3. The Morgan fingerprint density at radius 2 is 2.28 bits per heavy atom. The summed E-state index contributed by atoms with van der Waals surface area (Å²) < 4.78 is 15.9. The van der Waals surface area contributed by atoms with E-state index in [9.17, 15) is 4.39 Å². The van der Waals surface area contributed by atoms with Gasteiger partial charge in [-0.15, -0.1) is 5.10 Å². The minimum atomic E-state index is -0.430. The molecule has 7 heteroatoms. The number of nitrogens with zero attached hydrogens (tertiary/aromatic N) is 3. The van der Waals surface area contributed by atoms with E-state index in [1.165, 1.54) is 6.07 Å². The van der Waals surface area contributed by atoms with Gasteiger partial charge in [-0.2, -0.15) is 0 Å². The van der Waals surface area contributed by atoms with Crippen LogP contribution >= 0.6 is 27.5 Å². The maximum Gasteiger partial charge on any atom is 0.153 e. The molecule has 0 fully saturated rings. The van der Waals surface area contributed by atoms with Crippen molar-refractivity contribution in [3.8, 4) is 0 Å². The smallest absolute Gasteiger partial charge is 0.153 e. The molecule has 0 amide bonds. The summed E-state index contributed by atoms with van der Waals surface area (Å²) in [6.45, 7) is 0. The van der Waals surface area contributed by atoms with Crippen LogP contribution < -0.4 is 5.73 Å². The van der Waals surface area contributed by atoms with E-state index in [-0.39, 0.29) is 5.02 Å². The molecule has 1 atom stereocenters. The van der Waals surface area contributed by atoms with Crippen LogP contribution in [0, 0.1) is 5.82 Å². The fourth-order valence-corrected chi connectivity index (χ4v) is 2.59. The van der Waals surface area contributed by atoms with Crippen LogP contribution in [0.15, 0.2) is 22.8 Å². The lowest BCUT2D eigenvalue weighted by Crippen LogP contribution is -2.18. The van der Waals surface area contributed by atoms with E-state index in [0.29, 0.717) is 16.6 Å². The average molecular weight is 334 g/mol. The highest BCUT2D eigenvalue weighted by Crippen LogP contribution is 2.25. The summed E-state index contributed by atoms with van der Waals surface area (Å²) in [4.78, 5) is 0. The van der Waals surface area contributed by atoms with Gasteiger partial charge in [-0.25, -0.2) is 9.07 Å². The fraction of sp³-hybridized carbons (Fsp3) is 0.273. The van der Waals surface area contributed by atoms with Gasteiger partial charge in [0, 0.05) is 7.05 Å². The van der Waals surface area contributed by atoms with E-state index in [2.05, 4.69) is 26.2 Å². The molecule has 1 heterocycles. The molecular formula is C11H11BrClFN4. The van der Waals surface area contributed by atoms with Crippen molar-refractivity contribution in [3.05, 3.63) is 44.9 Å². The van der Waals surface area contributed by atoms with Crippen molar-refractivity contribution in [2.75, 3.05) is 0 Å². The lowest BCUT2D eigenvalue weighted by atomic mass is 10.0. The predicted molar refractivity (Wildman–Crippen MR) is 70.7 cm³/mol. The molecule has 4 nitrogen and oxygen atoms in total. The molecule has 1 unspecified atom stereocenters. The van der Waals surface area contributed by atoms with Crippen LogP contribution in [0.3, 0.4) is 0 Å². The van der Waals surface area contributed by atoms with E-state index in [1.54, 1.807) is 23.9 Å². The molecule has 18 heavy (non-hydrogen) atoms. The lowest BCUT2D eigenvalue weighted by molar-refractivity contribution is 0.570. The molecule has 0 aliphatic carbocycles. The molecule has 0 saturated heterocycles. The highest BCUT2D eigenvalue weighted by molar-refractivity contribution is 9.10. The van der Waals surface area contributed by atoms with E-state index in [1.807, 2.05) is 0 Å². The van der Waals surface area contributed by atoms with Crippen LogP contribution in [0.2, 0.25) is 5.02 Å². The molecule has 0 radical (unpaired) electrons. The van der Waals surface area contributed by atoms with E-state index >= 15 is 0 Å². The molecule has 0 saturated carbocycles. The van der Waals surface area contributed by atoms with Gasteiger partial charge in [0.15, 0.2) is 4.60 Å². The van der Waals surface area contributed by atoms with E-state index in [0.717, 1.165) is 5.69 Å². The number of aromatic nitrogens is 3. The maximum absolute atomic E-state index is 13.8. The van der Waals surface area contributed by atoms with Gasteiger partial charge in [0.25, 0.3) is 0 Å². The number of benzene rings is 1. The molecule has 0 aliphatic rings. The highest BCUT2D eigenvalue weighted by atomic mass is 79.9. The molecule has 1 aromatic heterocycles. The number of hydrogen-bond donors (Lipinski definition) is 1. The van der Waals surface area contributed by atoms with Crippen molar-refractivity contribution in [2.45, 2.75) is 12.5 Å². The Labute approximate surface area is 117 Å². The Bertz CT molecular complexity index is 553. The first-order valence-corrected chi connectivity index (χ1v) is 6.41. The van der Waals surface area contributed by atoms with Crippen LogP contribution in [0.5, 0.6) is 0 Å². The number of halogens is 3. The standard InChI is InChI=1S/C11H11BrClFN4/c1-18-10(11(12)16-17-18)8(15)5-6-3-2-4-7(13)9(6)14/h2-4,8H,5,15H2,1H3. The van der Waals surface area contributed by atoms with Gasteiger partial charge in [-0.3, -0.25) is 0 Å². The average Bonchev–Trinajstić information content (AvgIpc) is 2.65. The van der Waals surface area contributed by atoms with Gasteiger partial charge in [0.2, 0.25) is 0 Å². The summed E-state index contributed by atoms with van der Waals surface area (Å²) in [6.07, 6.45) is 0.326. The summed E-state index contributed by atoms with van der Waals surface area (Å²) in [5, 5.41) is 7.79. The molecule has 0 spiro atoms. The predicted octanol–water partition coefficient (Wildman–Crippen LogP) is 2.61. The van der Waals surface area contributed by atoms with Crippen LogP contribution in [-0.4, -0.2) is 15.0 Å². The Kier molecular flexibility index (Phi) is 3.99. The second-order valence-corrected chi connectivity index (χ2v) is 5.07. The van der Waals surface area contributed by atoms with Crippen molar-refractivity contribution in [1.29, 1.82) is 0 Å². The molecule has 0 aliphatic heterocycles. The zero-order valence-corrected chi connectivity index (χ0v) is 11.9. The van der Waals surface area contributed by atoms with Crippen molar-refractivity contribution in [1.82, 2.24) is 15.0 Å². The van der Waals surface area contributed by atoms with E-state index < -0.39 is 11.9 Å². The van der Waals surface area contributed by atoms with Gasteiger partial charge >= 0.3 is 0 Å². The SMILES string of the molecule is Cn1nnc(Br)c1C(N)Cc1cccc(Cl)c1F. The molecule has 2 N–H and O–H groups in total. The van der Waals surface area contributed by atoms with Crippen molar-refractivity contribution in [3.63, 3.8) is 0 Å². The van der Waals surface area contributed by atoms with Gasteiger partial charge in [0.05, 0.1) is 16.8 Å². The Morgan fingerprint density at radius 3 is 2.89 bits per heavy atom.